The Bertz CT molecular complexity index is 123. The maximum Gasteiger partial charge on any atom is 0.0859 e. The van der Waals surface area contributed by atoms with Crippen molar-refractivity contribution in [2.45, 2.75) is 6.92 Å². The van der Waals surface area contributed by atoms with Crippen molar-refractivity contribution in [3.63, 3.8) is 0 Å². The molecule has 9 heavy (non-hydrogen) atoms. The van der Waals surface area contributed by atoms with Gasteiger partial charge >= 0.3 is 0 Å². The first-order chi connectivity index (χ1) is 4.41. The van der Waals surface area contributed by atoms with E-state index < -0.39 is 0 Å². The minimum absolute atomic E-state index is 1.62. The van der Waals surface area contributed by atoms with Crippen molar-refractivity contribution in [2.75, 3.05) is 7.05 Å². The Morgan fingerprint density at radius 3 is 2.67 bits per heavy atom. The summed E-state index contributed by atoms with van der Waals surface area (Å²) in [6.07, 6.45) is 9.24. The highest BCUT2D eigenvalue weighted by atomic mass is 14.9. The molecule has 0 amide bonds. The van der Waals surface area contributed by atoms with Gasteiger partial charge in [0.2, 0.25) is 0 Å². The van der Waals surface area contributed by atoms with Gasteiger partial charge in [-0.15, -0.1) is 0 Å². The van der Waals surface area contributed by atoms with Crippen LogP contribution in [-0.4, -0.2) is 13.4 Å². The van der Waals surface area contributed by atoms with Gasteiger partial charge in [-0.3, -0.25) is 4.99 Å². The fourth-order valence-electron chi connectivity index (χ4n) is 0.340. The molecular weight excluding hydrogens is 112 g/mol. The van der Waals surface area contributed by atoms with Crippen LogP contribution in [0.5, 0.6) is 0 Å². The highest BCUT2D eigenvalue weighted by Gasteiger charge is 1.60. The van der Waals surface area contributed by atoms with Crippen molar-refractivity contribution in [2.24, 2.45) is 4.99 Å². The zero-order chi connectivity index (χ0) is 6.95. The number of aliphatic imine (C=N–C) groups is 1. The summed E-state index contributed by atoms with van der Waals surface area (Å²) < 4.78 is 0. The standard InChI is InChI=1S/C7H12N2/c1-3-4-5-6-9-7-8-2/h3-7H,1-2H3,(H,8,9)/b4-3?,6-5+. The molecule has 0 heterocycles. The Labute approximate surface area is 56.0 Å². The third-order valence-corrected chi connectivity index (χ3v) is 0.700. The molecule has 50 valence electrons. The van der Waals surface area contributed by atoms with Crippen molar-refractivity contribution in [3.8, 4) is 0 Å². The lowest BCUT2D eigenvalue weighted by Crippen LogP contribution is -1.98. The predicted molar refractivity (Wildman–Crippen MR) is 41.5 cm³/mol. The van der Waals surface area contributed by atoms with Crippen molar-refractivity contribution in [1.29, 1.82) is 0 Å². The Kier molecular flexibility index (Phi) is 6.14. The zero-order valence-corrected chi connectivity index (χ0v) is 5.83. The first-order valence-electron chi connectivity index (χ1n) is 2.86. The fraction of sp³-hybridized carbons (Fsp3) is 0.286. The lowest BCUT2D eigenvalue weighted by atomic mass is 10.5. The minimum atomic E-state index is 1.62. The van der Waals surface area contributed by atoms with E-state index in [4.69, 9.17) is 0 Å². The topological polar surface area (TPSA) is 24.4 Å². The van der Waals surface area contributed by atoms with E-state index in [2.05, 4.69) is 10.3 Å². The molecule has 0 bridgehead atoms. The lowest BCUT2D eigenvalue weighted by Gasteiger charge is -1.82. The van der Waals surface area contributed by atoms with Gasteiger partial charge in [-0.05, 0) is 13.0 Å². The molecule has 0 rings (SSSR count). The van der Waals surface area contributed by atoms with Crippen LogP contribution in [0.15, 0.2) is 29.4 Å². The van der Waals surface area contributed by atoms with E-state index in [1.807, 2.05) is 31.4 Å². The highest BCUT2D eigenvalue weighted by Crippen LogP contribution is 1.70. The molecule has 0 atom stereocenters. The van der Waals surface area contributed by atoms with Crippen LogP contribution >= 0.6 is 0 Å². The van der Waals surface area contributed by atoms with Crippen LogP contribution in [0.1, 0.15) is 6.92 Å². The van der Waals surface area contributed by atoms with Crippen LogP contribution in [-0.2, 0) is 0 Å². The summed E-state index contributed by atoms with van der Waals surface area (Å²) in [4.78, 5) is 3.72. The number of hydrogen-bond donors (Lipinski definition) is 1. The van der Waals surface area contributed by atoms with Gasteiger partial charge in [0, 0.05) is 13.2 Å². The van der Waals surface area contributed by atoms with Gasteiger partial charge < -0.3 is 5.32 Å². The summed E-state index contributed by atoms with van der Waals surface area (Å²) in [6, 6.07) is 0. The highest BCUT2D eigenvalue weighted by molar-refractivity contribution is 5.55. The number of allylic oxidation sites excluding steroid dienone is 3. The number of nitrogens with zero attached hydrogens (tertiary/aromatic N) is 1. The van der Waals surface area contributed by atoms with Gasteiger partial charge in [-0.25, -0.2) is 0 Å². The number of hydrogen-bond acceptors (Lipinski definition) is 1. The maximum absolute atomic E-state index is 3.72. The molecule has 0 aliphatic heterocycles. The van der Waals surface area contributed by atoms with E-state index in [0.29, 0.717) is 0 Å². The van der Waals surface area contributed by atoms with Gasteiger partial charge in [0.15, 0.2) is 0 Å². The molecule has 0 fully saturated rings. The summed E-state index contributed by atoms with van der Waals surface area (Å²) >= 11 is 0. The zero-order valence-electron chi connectivity index (χ0n) is 5.83. The lowest BCUT2D eigenvalue weighted by molar-refractivity contribution is 1.28. The van der Waals surface area contributed by atoms with Crippen molar-refractivity contribution in [3.05, 3.63) is 24.4 Å². The average molecular weight is 124 g/mol. The minimum Gasteiger partial charge on any atom is -0.353 e. The quantitative estimate of drug-likeness (QED) is 0.342. The fourth-order valence-corrected chi connectivity index (χ4v) is 0.340. The van der Waals surface area contributed by atoms with Crippen molar-refractivity contribution < 1.29 is 0 Å². The Hall–Kier alpha value is -1.05. The molecule has 0 saturated heterocycles. The largest absolute Gasteiger partial charge is 0.353 e. The van der Waals surface area contributed by atoms with Gasteiger partial charge in [0.05, 0.1) is 6.34 Å². The number of nitrogens with one attached hydrogen (secondary N) is 1. The average Bonchev–Trinajstić information content (AvgIpc) is 1.89. The molecule has 2 heteroatoms. The molecule has 0 aromatic heterocycles. The van der Waals surface area contributed by atoms with Gasteiger partial charge in [0.25, 0.3) is 0 Å². The van der Waals surface area contributed by atoms with Gasteiger partial charge in [-0.2, -0.15) is 0 Å². The van der Waals surface area contributed by atoms with Crippen LogP contribution in [0.25, 0.3) is 0 Å². The molecule has 0 aromatic carbocycles. The molecule has 2 nitrogen and oxygen atoms in total. The van der Waals surface area contributed by atoms with E-state index in [0.717, 1.165) is 0 Å². The number of rotatable bonds is 3. The van der Waals surface area contributed by atoms with Crippen LogP contribution in [0.2, 0.25) is 0 Å². The smallest absolute Gasteiger partial charge is 0.0859 e. The second kappa shape index (κ2) is 6.95. The van der Waals surface area contributed by atoms with Crippen LogP contribution in [0, 0.1) is 0 Å². The van der Waals surface area contributed by atoms with Crippen LogP contribution < -0.4 is 5.32 Å². The molecule has 0 aliphatic rings. The van der Waals surface area contributed by atoms with E-state index in [9.17, 15) is 0 Å². The first-order valence-corrected chi connectivity index (χ1v) is 2.86. The maximum atomic E-state index is 3.72. The predicted octanol–water partition coefficient (Wildman–Crippen LogP) is 1.32. The molecule has 0 saturated carbocycles. The van der Waals surface area contributed by atoms with Gasteiger partial charge in [-0.1, -0.05) is 12.2 Å². The van der Waals surface area contributed by atoms with Crippen LogP contribution in [0.3, 0.4) is 0 Å². The van der Waals surface area contributed by atoms with E-state index in [-0.39, 0.29) is 0 Å². The molecule has 0 radical (unpaired) electrons. The van der Waals surface area contributed by atoms with Crippen molar-refractivity contribution >= 4 is 6.34 Å². The Balaban J connectivity index is 3.25. The SMILES string of the molecule is CC=C/C=C/NC=NC. The third kappa shape index (κ3) is 6.95. The van der Waals surface area contributed by atoms with E-state index >= 15 is 0 Å². The molecule has 0 unspecified atom stereocenters. The molecule has 0 spiro atoms. The summed E-state index contributed by atoms with van der Waals surface area (Å²) in [5.41, 5.74) is 0. The first kappa shape index (κ1) is 7.95. The second-order valence-electron chi connectivity index (χ2n) is 1.44. The summed E-state index contributed by atoms with van der Waals surface area (Å²) in [5, 5.41) is 2.85. The summed E-state index contributed by atoms with van der Waals surface area (Å²) in [6.45, 7) is 1.97. The third-order valence-electron chi connectivity index (χ3n) is 0.700. The molecule has 0 aromatic rings. The molecule has 0 aliphatic carbocycles. The Morgan fingerprint density at radius 2 is 2.11 bits per heavy atom. The van der Waals surface area contributed by atoms with Crippen molar-refractivity contribution in [1.82, 2.24) is 5.32 Å². The molecule has 1 N–H and O–H groups in total. The van der Waals surface area contributed by atoms with Gasteiger partial charge in [0.1, 0.15) is 0 Å². The monoisotopic (exact) mass is 124 g/mol. The van der Waals surface area contributed by atoms with E-state index in [1.54, 1.807) is 13.4 Å². The molecular formula is C7H12N2. The van der Waals surface area contributed by atoms with E-state index in [1.165, 1.54) is 0 Å². The van der Waals surface area contributed by atoms with Crippen LogP contribution in [0.4, 0.5) is 0 Å². The normalized spacial score (nSPS) is 12.2. The Morgan fingerprint density at radius 1 is 1.33 bits per heavy atom. The summed E-state index contributed by atoms with van der Waals surface area (Å²) in [5.74, 6) is 0. The second-order valence-corrected chi connectivity index (χ2v) is 1.44. The summed E-state index contributed by atoms with van der Waals surface area (Å²) in [7, 11) is 1.72.